The molecule has 150 valence electrons. The number of benzene rings is 3. The molecule has 3 aromatic carbocycles. The zero-order valence-corrected chi connectivity index (χ0v) is 18.5. The number of carbonyl (C=O) groups is 1. The zero-order valence-electron chi connectivity index (χ0n) is 16.1. The standard InChI is InChI=1S/C23H18BrN3O2S/c1-29-21-12-5-4-11-19(21)26-23-27-20(14-30-23)15-7-6-8-16(13-15)25-22(28)17-9-2-3-10-18(17)24/h2-14H,1H3,(H,25,28)(H,26,27). The molecule has 0 fully saturated rings. The SMILES string of the molecule is COc1ccccc1Nc1nc(-c2cccc(NC(=O)c3ccccc3Br)c2)cs1. The molecular weight excluding hydrogens is 462 g/mol. The second-order valence-electron chi connectivity index (χ2n) is 6.38. The molecule has 4 rings (SSSR count). The van der Waals surface area contributed by atoms with Crippen molar-refractivity contribution in [1.82, 2.24) is 4.98 Å². The van der Waals surface area contributed by atoms with Crippen molar-refractivity contribution in [3.63, 3.8) is 0 Å². The van der Waals surface area contributed by atoms with E-state index in [2.05, 4.69) is 31.5 Å². The van der Waals surface area contributed by atoms with E-state index >= 15 is 0 Å². The summed E-state index contributed by atoms with van der Waals surface area (Å²) in [5, 5.41) is 8.98. The number of rotatable bonds is 6. The summed E-state index contributed by atoms with van der Waals surface area (Å²) in [4.78, 5) is 17.2. The van der Waals surface area contributed by atoms with Gasteiger partial charge in [-0.25, -0.2) is 4.98 Å². The highest BCUT2D eigenvalue weighted by molar-refractivity contribution is 9.10. The molecule has 0 unspecified atom stereocenters. The third-order valence-electron chi connectivity index (χ3n) is 4.39. The Balaban J connectivity index is 1.52. The van der Waals surface area contributed by atoms with E-state index in [1.54, 1.807) is 13.2 Å². The number of hydrogen-bond acceptors (Lipinski definition) is 5. The van der Waals surface area contributed by atoms with E-state index in [4.69, 9.17) is 4.74 Å². The maximum atomic E-state index is 12.6. The van der Waals surface area contributed by atoms with Gasteiger partial charge in [0.1, 0.15) is 5.75 Å². The summed E-state index contributed by atoms with van der Waals surface area (Å²) < 4.78 is 6.13. The first-order valence-electron chi connectivity index (χ1n) is 9.16. The van der Waals surface area contributed by atoms with Crippen LogP contribution in [-0.4, -0.2) is 18.0 Å². The average molecular weight is 480 g/mol. The molecule has 0 radical (unpaired) electrons. The number of ether oxygens (including phenoxy) is 1. The van der Waals surface area contributed by atoms with Crippen LogP contribution < -0.4 is 15.4 Å². The Kier molecular flexibility index (Phi) is 6.11. The van der Waals surface area contributed by atoms with E-state index in [0.717, 1.165) is 32.3 Å². The van der Waals surface area contributed by atoms with E-state index in [9.17, 15) is 4.79 Å². The number of hydrogen-bond donors (Lipinski definition) is 2. The van der Waals surface area contributed by atoms with E-state index in [1.807, 2.05) is 72.1 Å². The van der Waals surface area contributed by atoms with E-state index in [1.165, 1.54) is 11.3 Å². The quantitative estimate of drug-likeness (QED) is 0.327. The third kappa shape index (κ3) is 4.53. The van der Waals surface area contributed by atoms with Crippen molar-refractivity contribution in [2.45, 2.75) is 0 Å². The summed E-state index contributed by atoms with van der Waals surface area (Å²) in [6, 6.07) is 22.7. The van der Waals surface area contributed by atoms with Crippen LogP contribution in [0.5, 0.6) is 5.75 Å². The number of thiazole rings is 1. The van der Waals surface area contributed by atoms with Crippen LogP contribution in [0.3, 0.4) is 0 Å². The predicted molar refractivity (Wildman–Crippen MR) is 126 cm³/mol. The van der Waals surface area contributed by atoms with Crippen molar-refractivity contribution in [2.75, 3.05) is 17.7 Å². The van der Waals surface area contributed by atoms with Gasteiger partial charge in [0.15, 0.2) is 5.13 Å². The molecule has 0 saturated carbocycles. The van der Waals surface area contributed by atoms with Crippen molar-refractivity contribution in [3.05, 3.63) is 88.2 Å². The number of nitrogens with zero attached hydrogens (tertiary/aromatic N) is 1. The first kappa shape index (κ1) is 20.1. The second-order valence-corrected chi connectivity index (χ2v) is 8.09. The van der Waals surface area contributed by atoms with Crippen LogP contribution >= 0.6 is 27.3 Å². The molecular formula is C23H18BrN3O2S. The first-order chi connectivity index (χ1) is 14.6. The Hall–Kier alpha value is -3.16. The lowest BCUT2D eigenvalue weighted by atomic mass is 10.1. The van der Waals surface area contributed by atoms with E-state index < -0.39 is 0 Å². The van der Waals surface area contributed by atoms with Gasteiger partial charge in [-0.05, 0) is 52.3 Å². The highest BCUT2D eigenvalue weighted by Gasteiger charge is 2.11. The minimum atomic E-state index is -0.170. The highest BCUT2D eigenvalue weighted by Crippen LogP contribution is 2.32. The maximum Gasteiger partial charge on any atom is 0.256 e. The number of anilines is 3. The molecule has 7 heteroatoms. The maximum absolute atomic E-state index is 12.6. The summed E-state index contributed by atoms with van der Waals surface area (Å²) in [6.45, 7) is 0. The molecule has 0 atom stereocenters. The third-order valence-corrected chi connectivity index (χ3v) is 5.84. The largest absolute Gasteiger partial charge is 0.495 e. The Morgan fingerprint density at radius 1 is 1.03 bits per heavy atom. The number of carbonyl (C=O) groups excluding carboxylic acids is 1. The van der Waals surface area contributed by atoms with Crippen molar-refractivity contribution in [3.8, 4) is 17.0 Å². The van der Waals surface area contributed by atoms with E-state index in [0.29, 0.717) is 11.3 Å². The van der Waals surface area contributed by atoms with Crippen LogP contribution in [0.15, 0.2) is 82.6 Å². The number of methoxy groups -OCH3 is 1. The first-order valence-corrected chi connectivity index (χ1v) is 10.8. The molecule has 0 aliphatic heterocycles. The van der Waals surface area contributed by atoms with Crippen LogP contribution in [0.1, 0.15) is 10.4 Å². The molecule has 0 spiro atoms. The Bertz CT molecular complexity index is 1190. The molecule has 0 aliphatic carbocycles. The number of nitrogens with one attached hydrogen (secondary N) is 2. The summed E-state index contributed by atoms with van der Waals surface area (Å²) in [5.41, 5.74) is 3.90. The van der Waals surface area contributed by atoms with Gasteiger partial charge in [0.2, 0.25) is 0 Å². The van der Waals surface area contributed by atoms with Crippen molar-refractivity contribution >= 4 is 49.7 Å². The topological polar surface area (TPSA) is 63.2 Å². The van der Waals surface area contributed by atoms with Crippen LogP contribution in [0, 0.1) is 0 Å². The van der Waals surface area contributed by atoms with Crippen LogP contribution in [-0.2, 0) is 0 Å². The summed E-state index contributed by atoms with van der Waals surface area (Å²) in [5.74, 6) is 0.586. The fourth-order valence-electron chi connectivity index (χ4n) is 2.93. The van der Waals surface area contributed by atoms with Crippen LogP contribution in [0.25, 0.3) is 11.3 Å². The van der Waals surface area contributed by atoms with Crippen LogP contribution in [0.2, 0.25) is 0 Å². The lowest BCUT2D eigenvalue weighted by molar-refractivity contribution is 0.102. The average Bonchev–Trinajstić information content (AvgIpc) is 3.23. The van der Waals surface area contributed by atoms with Crippen molar-refractivity contribution in [2.24, 2.45) is 0 Å². The predicted octanol–water partition coefficient (Wildman–Crippen LogP) is 6.58. The molecule has 30 heavy (non-hydrogen) atoms. The monoisotopic (exact) mass is 479 g/mol. The summed E-state index contributed by atoms with van der Waals surface area (Å²) in [7, 11) is 1.64. The molecule has 0 aliphatic rings. The van der Waals surface area contributed by atoms with Crippen LogP contribution in [0.4, 0.5) is 16.5 Å². The molecule has 5 nitrogen and oxygen atoms in total. The number of amides is 1. The molecule has 2 N–H and O–H groups in total. The van der Waals surface area contributed by atoms with Gasteiger partial charge in [-0.15, -0.1) is 11.3 Å². The van der Waals surface area contributed by atoms with Gasteiger partial charge in [0.25, 0.3) is 5.91 Å². The zero-order chi connectivity index (χ0) is 20.9. The molecule has 1 heterocycles. The Morgan fingerprint density at radius 3 is 2.67 bits per heavy atom. The van der Waals surface area contributed by atoms with Crippen molar-refractivity contribution < 1.29 is 9.53 Å². The van der Waals surface area contributed by atoms with Gasteiger partial charge in [0, 0.05) is 21.1 Å². The molecule has 4 aromatic rings. The summed E-state index contributed by atoms with van der Waals surface area (Å²) >= 11 is 4.92. The van der Waals surface area contributed by atoms with Gasteiger partial charge < -0.3 is 15.4 Å². The minimum absolute atomic E-state index is 0.170. The smallest absolute Gasteiger partial charge is 0.256 e. The Morgan fingerprint density at radius 2 is 1.83 bits per heavy atom. The normalized spacial score (nSPS) is 10.5. The molecule has 0 saturated heterocycles. The lowest BCUT2D eigenvalue weighted by Gasteiger charge is -2.08. The number of para-hydroxylation sites is 2. The van der Waals surface area contributed by atoms with Gasteiger partial charge >= 0.3 is 0 Å². The lowest BCUT2D eigenvalue weighted by Crippen LogP contribution is -2.12. The van der Waals surface area contributed by atoms with Gasteiger partial charge in [-0.1, -0.05) is 36.4 Å². The Labute approximate surface area is 186 Å². The van der Waals surface area contributed by atoms with Crippen molar-refractivity contribution in [1.29, 1.82) is 0 Å². The number of halogens is 1. The summed E-state index contributed by atoms with van der Waals surface area (Å²) in [6.07, 6.45) is 0. The fraction of sp³-hybridized carbons (Fsp3) is 0.0435. The molecule has 0 bridgehead atoms. The second kappa shape index (κ2) is 9.11. The number of aromatic nitrogens is 1. The highest BCUT2D eigenvalue weighted by atomic mass is 79.9. The van der Waals surface area contributed by atoms with Gasteiger partial charge in [-0.3, -0.25) is 4.79 Å². The molecule has 1 aromatic heterocycles. The molecule has 1 amide bonds. The van der Waals surface area contributed by atoms with Gasteiger partial charge in [0.05, 0.1) is 24.1 Å². The fourth-order valence-corrected chi connectivity index (χ4v) is 4.12. The minimum Gasteiger partial charge on any atom is -0.495 e. The van der Waals surface area contributed by atoms with E-state index in [-0.39, 0.29) is 5.91 Å². The van der Waals surface area contributed by atoms with Gasteiger partial charge in [-0.2, -0.15) is 0 Å².